The van der Waals surface area contributed by atoms with E-state index >= 15 is 0 Å². The molecule has 1 heterocycles. The highest BCUT2D eigenvalue weighted by Crippen LogP contribution is 2.32. The van der Waals surface area contributed by atoms with Crippen molar-refractivity contribution in [1.82, 2.24) is 4.90 Å². The second-order valence-corrected chi connectivity index (χ2v) is 7.84. The lowest BCUT2D eigenvalue weighted by molar-refractivity contribution is 0.159. The number of benzene rings is 1. The molecule has 2 fully saturated rings. The van der Waals surface area contributed by atoms with E-state index in [4.69, 9.17) is 11.6 Å². The molecule has 1 nitrogen and oxygen atoms in total. The Kier molecular flexibility index (Phi) is 6.20. The average Bonchev–Trinajstić information content (AvgIpc) is 2.57. The van der Waals surface area contributed by atoms with Crippen molar-refractivity contribution in [2.75, 3.05) is 19.6 Å². The van der Waals surface area contributed by atoms with Crippen LogP contribution in [0.25, 0.3) is 0 Å². The van der Waals surface area contributed by atoms with Crippen molar-refractivity contribution in [2.24, 2.45) is 11.8 Å². The van der Waals surface area contributed by atoms with Gasteiger partial charge in [-0.3, -0.25) is 0 Å². The van der Waals surface area contributed by atoms with Crippen molar-refractivity contribution in [3.8, 4) is 0 Å². The van der Waals surface area contributed by atoms with Crippen LogP contribution in [0, 0.1) is 11.8 Å². The first-order chi connectivity index (χ1) is 10.8. The molecule has 0 aromatic heterocycles. The second kappa shape index (κ2) is 8.36. The van der Waals surface area contributed by atoms with Gasteiger partial charge in [-0.15, -0.1) is 0 Å². The lowest BCUT2D eigenvalue weighted by Crippen LogP contribution is -2.35. The van der Waals surface area contributed by atoms with Gasteiger partial charge >= 0.3 is 0 Å². The fourth-order valence-corrected chi connectivity index (χ4v) is 4.40. The van der Waals surface area contributed by atoms with Gasteiger partial charge in [-0.2, -0.15) is 0 Å². The van der Waals surface area contributed by atoms with Crippen molar-refractivity contribution >= 4 is 11.6 Å². The van der Waals surface area contributed by atoms with E-state index < -0.39 is 0 Å². The van der Waals surface area contributed by atoms with E-state index in [0.29, 0.717) is 0 Å². The molecule has 0 unspecified atom stereocenters. The first-order valence-electron chi connectivity index (χ1n) is 9.26. The van der Waals surface area contributed by atoms with Crippen LogP contribution in [0.1, 0.15) is 56.9 Å². The molecule has 1 aromatic rings. The molecule has 0 radical (unpaired) electrons. The van der Waals surface area contributed by atoms with Crippen molar-refractivity contribution in [3.63, 3.8) is 0 Å². The number of hydrogen-bond donors (Lipinski definition) is 0. The van der Waals surface area contributed by atoms with E-state index in [9.17, 15) is 0 Å². The Hall–Kier alpha value is -0.530. The lowest BCUT2D eigenvalue weighted by atomic mass is 9.80. The molecular formula is C20H30ClN. The summed E-state index contributed by atoms with van der Waals surface area (Å²) in [5, 5.41) is 0.840. The molecule has 0 spiro atoms. The van der Waals surface area contributed by atoms with Crippen LogP contribution in [0.2, 0.25) is 5.02 Å². The van der Waals surface area contributed by atoms with Gasteiger partial charge in [0.05, 0.1) is 0 Å². The van der Waals surface area contributed by atoms with Crippen LogP contribution in [0.4, 0.5) is 0 Å². The fraction of sp³-hybridized carbons (Fsp3) is 0.700. The van der Waals surface area contributed by atoms with Gasteiger partial charge in [0.25, 0.3) is 0 Å². The van der Waals surface area contributed by atoms with Crippen LogP contribution >= 0.6 is 11.6 Å². The van der Waals surface area contributed by atoms with Crippen molar-refractivity contribution in [1.29, 1.82) is 0 Å². The molecule has 1 saturated heterocycles. The van der Waals surface area contributed by atoms with Gasteiger partial charge in [0.2, 0.25) is 0 Å². The second-order valence-electron chi connectivity index (χ2n) is 7.40. The summed E-state index contributed by atoms with van der Waals surface area (Å²) in [7, 11) is 0. The summed E-state index contributed by atoms with van der Waals surface area (Å²) in [6, 6.07) is 8.34. The van der Waals surface area contributed by atoms with Crippen LogP contribution in [0.15, 0.2) is 24.3 Å². The predicted molar refractivity (Wildman–Crippen MR) is 95.5 cm³/mol. The zero-order valence-corrected chi connectivity index (χ0v) is 14.5. The molecule has 0 bridgehead atoms. The Morgan fingerprint density at radius 3 is 2.18 bits per heavy atom. The Morgan fingerprint density at radius 1 is 0.864 bits per heavy atom. The van der Waals surface area contributed by atoms with Crippen molar-refractivity contribution in [2.45, 2.75) is 57.8 Å². The molecule has 1 aliphatic carbocycles. The van der Waals surface area contributed by atoms with Gasteiger partial charge in [0.1, 0.15) is 0 Å². The van der Waals surface area contributed by atoms with Gasteiger partial charge in [0, 0.05) is 11.6 Å². The third-order valence-corrected chi connectivity index (χ3v) is 5.98. The summed E-state index contributed by atoms with van der Waals surface area (Å²) < 4.78 is 0. The number of hydrogen-bond acceptors (Lipinski definition) is 1. The van der Waals surface area contributed by atoms with Gasteiger partial charge in [-0.25, -0.2) is 0 Å². The summed E-state index contributed by atoms with van der Waals surface area (Å²) in [6.07, 6.45) is 13.0. The maximum absolute atomic E-state index is 5.95. The molecule has 1 aromatic carbocycles. The molecule has 1 aliphatic heterocycles. The standard InChI is InChI=1S/C20H30ClN/c21-20-8-6-17(7-9-20)10-13-22-14-11-19(12-15-22)16-18-4-2-1-3-5-18/h6-9,18-19H,1-5,10-16H2. The summed E-state index contributed by atoms with van der Waals surface area (Å²) in [5.41, 5.74) is 1.41. The van der Waals surface area contributed by atoms with E-state index in [-0.39, 0.29) is 0 Å². The minimum atomic E-state index is 0.840. The highest BCUT2D eigenvalue weighted by Gasteiger charge is 2.23. The highest BCUT2D eigenvalue weighted by atomic mass is 35.5. The summed E-state index contributed by atoms with van der Waals surface area (Å²) in [6.45, 7) is 3.83. The van der Waals surface area contributed by atoms with Crippen LogP contribution in [0.3, 0.4) is 0 Å². The van der Waals surface area contributed by atoms with Crippen molar-refractivity contribution in [3.05, 3.63) is 34.9 Å². The van der Waals surface area contributed by atoms with Gasteiger partial charge in [-0.05, 0) is 68.3 Å². The highest BCUT2D eigenvalue weighted by molar-refractivity contribution is 6.30. The molecule has 22 heavy (non-hydrogen) atoms. The monoisotopic (exact) mass is 319 g/mol. The molecule has 2 aliphatic rings. The fourth-order valence-electron chi connectivity index (χ4n) is 4.28. The first kappa shape index (κ1) is 16.3. The van der Waals surface area contributed by atoms with Crippen LogP contribution in [-0.4, -0.2) is 24.5 Å². The SMILES string of the molecule is Clc1ccc(CCN2CCC(CC3CCCCC3)CC2)cc1. The average molecular weight is 320 g/mol. The maximum atomic E-state index is 5.95. The minimum absolute atomic E-state index is 0.840. The third kappa shape index (κ3) is 4.99. The molecule has 0 N–H and O–H groups in total. The van der Waals surface area contributed by atoms with Gasteiger partial charge < -0.3 is 4.90 Å². The number of likely N-dealkylation sites (tertiary alicyclic amines) is 1. The number of piperidine rings is 1. The summed E-state index contributed by atoms with van der Waals surface area (Å²) in [4.78, 5) is 2.66. The van der Waals surface area contributed by atoms with Gasteiger partial charge in [0.15, 0.2) is 0 Å². The summed E-state index contributed by atoms with van der Waals surface area (Å²) >= 11 is 5.95. The molecule has 0 atom stereocenters. The van der Waals surface area contributed by atoms with Crippen LogP contribution in [-0.2, 0) is 6.42 Å². The van der Waals surface area contributed by atoms with E-state index in [0.717, 1.165) is 23.3 Å². The zero-order chi connectivity index (χ0) is 15.2. The minimum Gasteiger partial charge on any atom is -0.303 e. The predicted octanol–water partition coefficient (Wildman–Crippen LogP) is 5.56. The zero-order valence-electron chi connectivity index (χ0n) is 13.8. The Bertz CT molecular complexity index is 428. The molecule has 1 saturated carbocycles. The third-order valence-electron chi connectivity index (χ3n) is 5.73. The molecule has 122 valence electrons. The van der Waals surface area contributed by atoms with Crippen molar-refractivity contribution < 1.29 is 0 Å². The molecular weight excluding hydrogens is 290 g/mol. The van der Waals surface area contributed by atoms with E-state index in [1.165, 1.54) is 76.6 Å². The number of rotatable bonds is 5. The smallest absolute Gasteiger partial charge is 0.0406 e. The molecule has 3 rings (SSSR count). The molecule has 0 amide bonds. The quantitative estimate of drug-likeness (QED) is 0.686. The van der Waals surface area contributed by atoms with Crippen LogP contribution in [0.5, 0.6) is 0 Å². The lowest BCUT2D eigenvalue weighted by Gasteiger charge is -2.34. The number of halogens is 1. The normalized spacial score (nSPS) is 22.0. The summed E-state index contributed by atoms with van der Waals surface area (Å²) in [5.74, 6) is 2.06. The Balaban J connectivity index is 1.35. The maximum Gasteiger partial charge on any atom is 0.0406 e. The molecule has 2 heteroatoms. The van der Waals surface area contributed by atoms with E-state index in [1.54, 1.807) is 0 Å². The Morgan fingerprint density at radius 2 is 1.50 bits per heavy atom. The Labute approximate surface area is 141 Å². The van der Waals surface area contributed by atoms with E-state index in [1.807, 2.05) is 12.1 Å². The largest absolute Gasteiger partial charge is 0.303 e. The van der Waals surface area contributed by atoms with E-state index in [2.05, 4.69) is 17.0 Å². The van der Waals surface area contributed by atoms with Crippen LogP contribution < -0.4 is 0 Å². The topological polar surface area (TPSA) is 3.24 Å². The number of nitrogens with zero attached hydrogens (tertiary/aromatic N) is 1. The van der Waals surface area contributed by atoms with Gasteiger partial charge in [-0.1, -0.05) is 55.8 Å². The first-order valence-corrected chi connectivity index (χ1v) is 9.64.